The molecule has 4 atom stereocenters. The minimum atomic E-state index is -0.332. The Bertz CT molecular complexity index is 427. The van der Waals surface area contributed by atoms with Crippen LogP contribution in [0.3, 0.4) is 0 Å². The van der Waals surface area contributed by atoms with Crippen LogP contribution < -0.4 is 10.6 Å². The summed E-state index contributed by atoms with van der Waals surface area (Å²) in [6.45, 7) is 10.1. The molecule has 2 fully saturated rings. The van der Waals surface area contributed by atoms with Crippen LogP contribution in [0.25, 0.3) is 0 Å². The molecule has 2 heterocycles. The van der Waals surface area contributed by atoms with E-state index in [0.717, 1.165) is 22.6 Å². The molecule has 0 saturated carbocycles. The average molecular weight is 773 g/mol. The predicted molar refractivity (Wildman–Crippen MR) is 110 cm³/mol. The van der Waals surface area contributed by atoms with E-state index in [0.29, 0.717) is 0 Å². The molecule has 1 aromatic rings. The van der Waals surface area contributed by atoms with Gasteiger partial charge in [0, 0.05) is 15.8 Å². The zero-order valence-corrected chi connectivity index (χ0v) is 22.7. The second kappa shape index (κ2) is 12.6. The predicted octanol–water partition coefficient (Wildman–Crippen LogP) is 5.88. The van der Waals surface area contributed by atoms with E-state index in [1.165, 1.54) is 25.7 Å². The second-order valence-corrected chi connectivity index (χ2v) is 14.1. The van der Waals surface area contributed by atoms with Gasteiger partial charge in [0.1, 0.15) is 10.6 Å². The van der Waals surface area contributed by atoms with Gasteiger partial charge in [0.2, 0.25) is 0 Å². The Morgan fingerprint density at radius 1 is 0.667 bits per heavy atom. The summed E-state index contributed by atoms with van der Waals surface area (Å²) in [5.41, 5.74) is 3.91. The fraction of sp³-hybridized carbons (Fsp3) is 0.667. The molecule has 2 aliphatic rings. The van der Waals surface area contributed by atoms with Gasteiger partial charge in [-0.2, -0.15) is 0 Å². The second-order valence-electron chi connectivity index (χ2n) is 7.22. The van der Waals surface area contributed by atoms with Crippen molar-refractivity contribution in [2.75, 3.05) is 0 Å². The SMILES string of the molecule is C[C@H]1CC[C@H](C)[PH+]1c1ccccc1[PH+]1[C@@H](C)CC[C@@H]1C.[Cl][Au].[Cl][Au]. The third-order valence-corrected chi connectivity index (χ3v) is 13.5. The summed E-state index contributed by atoms with van der Waals surface area (Å²) in [5, 5.41) is 3.67. The monoisotopic (exact) mass is 772 g/mol. The van der Waals surface area contributed by atoms with E-state index in [9.17, 15) is 0 Å². The zero-order valence-electron chi connectivity index (χ0n) is 14.8. The summed E-state index contributed by atoms with van der Waals surface area (Å²) in [4.78, 5) is 0. The zero-order chi connectivity index (χ0) is 18.3. The molecule has 2 aliphatic heterocycles. The maximum absolute atomic E-state index is 4.58. The van der Waals surface area contributed by atoms with Crippen LogP contribution in [-0.4, -0.2) is 22.6 Å². The number of benzene rings is 1. The van der Waals surface area contributed by atoms with Gasteiger partial charge in [-0.05, 0) is 65.5 Å². The van der Waals surface area contributed by atoms with Crippen LogP contribution in [-0.2, 0) is 40.0 Å². The van der Waals surface area contributed by atoms with E-state index < -0.39 is 0 Å². The molecule has 0 unspecified atom stereocenters. The quantitative estimate of drug-likeness (QED) is 0.261. The molecular weight excluding hydrogens is 743 g/mol. The van der Waals surface area contributed by atoms with E-state index in [2.05, 4.69) is 70.3 Å². The summed E-state index contributed by atoms with van der Waals surface area (Å²) in [7, 11) is 8.50. The first-order valence-corrected chi connectivity index (χ1v) is 17.3. The number of hydrogen-bond donors (Lipinski definition) is 0. The Morgan fingerprint density at radius 2 is 0.917 bits per heavy atom. The molecule has 0 nitrogen and oxygen atoms in total. The first-order valence-electron chi connectivity index (χ1n) is 8.65. The molecule has 0 aromatic heterocycles. The fourth-order valence-corrected chi connectivity index (χ4v) is 12.9. The Balaban J connectivity index is 0.000000671. The molecule has 146 valence electrons. The first-order chi connectivity index (χ1) is 11.6. The van der Waals surface area contributed by atoms with Gasteiger partial charge in [-0.15, -0.1) is 0 Å². The van der Waals surface area contributed by atoms with Crippen LogP contribution in [0.15, 0.2) is 24.3 Å². The molecule has 0 radical (unpaired) electrons. The van der Waals surface area contributed by atoms with Gasteiger partial charge in [-0.25, -0.2) is 0 Å². The first kappa shape index (κ1) is 24.2. The van der Waals surface area contributed by atoms with E-state index in [1.807, 2.05) is 10.6 Å². The molecular formula is C18H30Au2Cl2P2+2. The molecule has 0 spiro atoms. The van der Waals surface area contributed by atoms with Crippen LogP contribution in [0.4, 0.5) is 0 Å². The molecule has 0 amide bonds. The molecule has 1 aromatic carbocycles. The summed E-state index contributed by atoms with van der Waals surface area (Å²) >= 11 is 3.50. The van der Waals surface area contributed by atoms with Crippen molar-refractivity contribution in [3.63, 3.8) is 0 Å². The average Bonchev–Trinajstić information content (AvgIpc) is 3.13. The standard InChI is InChI=1S/C18H28P2.2Au.2ClH/c1-13-9-10-14(2)19(13)17-7-5-6-8-18(17)20-15(3)11-12-16(20)4;;;;/h5-8,13-16H,9-12H2,1-4H3;;;2*1H/q;2*+1;;/t13-,14-,15-,16-;;;;/m0..../s1. The summed E-state index contributed by atoms with van der Waals surface area (Å²) in [6, 6.07) is 9.64. The molecule has 0 N–H and O–H groups in total. The Hall–Kier alpha value is 2.14. The van der Waals surface area contributed by atoms with E-state index in [1.54, 1.807) is 40.0 Å². The molecule has 0 aliphatic carbocycles. The Labute approximate surface area is 183 Å². The van der Waals surface area contributed by atoms with Crippen molar-refractivity contribution >= 4 is 44.8 Å². The third-order valence-electron chi connectivity index (χ3n) is 5.74. The normalized spacial score (nSPS) is 30.4. The number of halogens is 2. The third kappa shape index (κ3) is 5.82. The fourth-order valence-electron chi connectivity index (χ4n) is 4.64. The summed E-state index contributed by atoms with van der Waals surface area (Å²) in [5.74, 6) is 0. The molecule has 2 saturated heterocycles. The van der Waals surface area contributed by atoms with Gasteiger partial charge in [0.15, 0.2) is 0 Å². The summed E-state index contributed by atoms with van der Waals surface area (Å²) in [6.07, 6.45) is 5.88. The number of hydrogen-bond acceptors (Lipinski definition) is 0. The van der Waals surface area contributed by atoms with Crippen LogP contribution in [0.2, 0.25) is 0 Å². The van der Waals surface area contributed by atoms with Gasteiger partial charge in [-0.1, -0.05) is 12.1 Å². The van der Waals surface area contributed by atoms with Gasteiger partial charge in [-0.3, -0.25) is 0 Å². The van der Waals surface area contributed by atoms with Crippen LogP contribution >= 0.6 is 34.2 Å². The van der Waals surface area contributed by atoms with Crippen molar-refractivity contribution < 1.29 is 40.0 Å². The number of rotatable bonds is 2. The van der Waals surface area contributed by atoms with Crippen LogP contribution in [0.5, 0.6) is 0 Å². The Morgan fingerprint density at radius 3 is 1.17 bits per heavy atom. The van der Waals surface area contributed by atoms with Crippen LogP contribution in [0, 0.1) is 0 Å². The van der Waals surface area contributed by atoms with Gasteiger partial charge >= 0.3 is 58.4 Å². The van der Waals surface area contributed by atoms with E-state index >= 15 is 0 Å². The molecule has 6 heteroatoms. The van der Waals surface area contributed by atoms with Crippen molar-refractivity contribution in [1.82, 2.24) is 0 Å². The molecule has 24 heavy (non-hydrogen) atoms. The molecule has 3 rings (SSSR count). The van der Waals surface area contributed by atoms with Crippen molar-refractivity contribution in [3.8, 4) is 0 Å². The van der Waals surface area contributed by atoms with Gasteiger partial charge in [0.25, 0.3) is 0 Å². The van der Waals surface area contributed by atoms with Crippen molar-refractivity contribution in [2.45, 2.75) is 76.0 Å². The molecule has 0 bridgehead atoms. The van der Waals surface area contributed by atoms with E-state index in [4.69, 9.17) is 0 Å². The summed E-state index contributed by atoms with van der Waals surface area (Å²) < 4.78 is 0. The Kier molecular flexibility index (Phi) is 12.7. The van der Waals surface area contributed by atoms with Gasteiger partial charge in [0.05, 0.1) is 22.6 Å². The van der Waals surface area contributed by atoms with Crippen molar-refractivity contribution in [3.05, 3.63) is 24.3 Å². The van der Waals surface area contributed by atoms with Crippen molar-refractivity contribution in [1.29, 1.82) is 0 Å². The van der Waals surface area contributed by atoms with Gasteiger partial charge < -0.3 is 0 Å². The topological polar surface area (TPSA) is 0 Å². The van der Waals surface area contributed by atoms with Crippen LogP contribution in [0.1, 0.15) is 53.4 Å². The minimum absolute atomic E-state index is 0.332. The van der Waals surface area contributed by atoms with E-state index in [-0.39, 0.29) is 15.8 Å². The van der Waals surface area contributed by atoms with Crippen molar-refractivity contribution in [2.24, 2.45) is 0 Å². The maximum atomic E-state index is 4.58.